The van der Waals surface area contributed by atoms with Crippen molar-refractivity contribution in [3.05, 3.63) is 60.3 Å². The lowest BCUT2D eigenvalue weighted by molar-refractivity contribution is -0.126. The van der Waals surface area contributed by atoms with Gasteiger partial charge in [0.15, 0.2) is 0 Å². The summed E-state index contributed by atoms with van der Waals surface area (Å²) in [6.45, 7) is 1.55. The number of hydrogen-bond donors (Lipinski definition) is 0. The van der Waals surface area contributed by atoms with Gasteiger partial charge in [-0.1, -0.05) is 24.1 Å². The highest BCUT2D eigenvalue weighted by Crippen LogP contribution is 2.45. The minimum atomic E-state index is -0.648. The lowest BCUT2D eigenvalue weighted by atomic mass is 9.92. The van der Waals surface area contributed by atoms with Crippen LogP contribution in [0.15, 0.2) is 54.7 Å². The highest BCUT2D eigenvalue weighted by molar-refractivity contribution is 6.37. The minimum absolute atomic E-state index is 0.0703. The van der Waals surface area contributed by atoms with Crippen molar-refractivity contribution in [2.45, 2.75) is 18.0 Å². The van der Waals surface area contributed by atoms with Gasteiger partial charge in [0.05, 0.1) is 19.2 Å². The van der Waals surface area contributed by atoms with Crippen molar-refractivity contribution in [3.63, 3.8) is 0 Å². The summed E-state index contributed by atoms with van der Waals surface area (Å²) in [4.78, 5) is 28.2. The average Bonchev–Trinajstić information content (AvgIpc) is 3.15. The maximum atomic E-state index is 12.7. The number of amides is 2. The van der Waals surface area contributed by atoms with E-state index in [0.29, 0.717) is 19.7 Å². The largest absolute Gasteiger partial charge is 0.370 e. The van der Waals surface area contributed by atoms with Gasteiger partial charge < -0.3 is 19.1 Å². The van der Waals surface area contributed by atoms with E-state index < -0.39 is 5.38 Å². The van der Waals surface area contributed by atoms with E-state index in [2.05, 4.69) is 5.92 Å². The molecule has 1 aromatic heterocycles. The Labute approximate surface area is 184 Å². The van der Waals surface area contributed by atoms with Crippen molar-refractivity contribution < 1.29 is 14.3 Å². The zero-order valence-electron chi connectivity index (χ0n) is 16.7. The first-order chi connectivity index (χ1) is 15.1. The standard InChI is InChI=1S/C24H20ClN3O3/c1-2-11-26-14-19(18-5-3-4-6-20(18)26)23-22(25)24(30)28(23)17-9-7-16(8-10-17)27-12-13-31-15-21(27)29/h1,3-10,14,22-23H,11-13,15H2. The van der Waals surface area contributed by atoms with E-state index in [4.69, 9.17) is 22.8 Å². The Bertz CT molecular complexity index is 1210. The molecule has 2 fully saturated rings. The predicted molar refractivity (Wildman–Crippen MR) is 120 cm³/mol. The number of rotatable bonds is 4. The van der Waals surface area contributed by atoms with Gasteiger partial charge in [-0.25, -0.2) is 0 Å². The molecule has 6 nitrogen and oxygen atoms in total. The van der Waals surface area contributed by atoms with Gasteiger partial charge in [0, 0.05) is 40.6 Å². The van der Waals surface area contributed by atoms with Crippen LogP contribution in [0.25, 0.3) is 10.9 Å². The third-order valence-corrected chi connectivity index (χ3v) is 6.28. The highest BCUT2D eigenvalue weighted by Gasteiger charge is 2.49. The number of carbonyl (C=O) groups excluding carboxylic acids is 2. The van der Waals surface area contributed by atoms with Crippen molar-refractivity contribution in [2.75, 3.05) is 29.6 Å². The number of β-lactam (4-membered cyclic amide) rings is 1. The molecule has 2 amide bonds. The van der Waals surface area contributed by atoms with Gasteiger partial charge in [0.1, 0.15) is 12.0 Å². The second kappa shape index (κ2) is 7.77. The topological polar surface area (TPSA) is 54.8 Å². The molecule has 3 aromatic rings. The van der Waals surface area contributed by atoms with Gasteiger partial charge in [-0.15, -0.1) is 18.0 Å². The van der Waals surface area contributed by atoms with Gasteiger partial charge in [-0.3, -0.25) is 9.59 Å². The number of fused-ring (bicyclic) bond motifs is 1. The van der Waals surface area contributed by atoms with Crippen LogP contribution in [-0.2, 0) is 20.9 Å². The van der Waals surface area contributed by atoms with Gasteiger partial charge in [0.2, 0.25) is 5.91 Å². The molecule has 0 radical (unpaired) electrons. The Morgan fingerprint density at radius 2 is 1.84 bits per heavy atom. The smallest absolute Gasteiger partial charge is 0.253 e. The predicted octanol–water partition coefficient (Wildman–Crippen LogP) is 3.33. The number of para-hydroxylation sites is 1. The molecule has 0 saturated carbocycles. The summed E-state index contributed by atoms with van der Waals surface area (Å²) in [5.74, 6) is 2.46. The summed E-state index contributed by atoms with van der Waals surface area (Å²) in [7, 11) is 0. The Hall–Kier alpha value is -3.27. The van der Waals surface area contributed by atoms with Crippen LogP contribution in [0.5, 0.6) is 0 Å². The normalized spacial score (nSPS) is 21.3. The number of ether oxygens (including phenoxy) is 1. The Balaban J connectivity index is 1.49. The molecule has 2 atom stereocenters. The maximum absolute atomic E-state index is 12.7. The number of hydrogen-bond acceptors (Lipinski definition) is 3. The molecular formula is C24H20ClN3O3. The summed E-state index contributed by atoms with van der Waals surface area (Å²) in [5.41, 5.74) is 3.51. The number of carbonyl (C=O) groups is 2. The molecule has 2 saturated heterocycles. The number of alkyl halides is 1. The summed E-state index contributed by atoms with van der Waals surface area (Å²) in [5, 5.41) is 0.382. The fraction of sp³-hybridized carbons (Fsp3) is 0.250. The molecule has 0 bridgehead atoms. The van der Waals surface area contributed by atoms with Crippen LogP contribution in [0, 0.1) is 12.3 Å². The van der Waals surface area contributed by atoms with Gasteiger partial charge in [-0.2, -0.15) is 0 Å². The summed E-state index contributed by atoms with van der Waals surface area (Å²) in [6.07, 6.45) is 7.53. The number of anilines is 2. The third-order valence-electron chi connectivity index (χ3n) is 5.85. The molecule has 5 rings (SSSR count). The Kier molecular flexibility index (Phi) is 4.93. The number of nitrogens with zero attached hydrogens (tertiary/aromatic N) is 3. The van der Waals surface area contributed by atoms with Crippen molar-refractivity contribution >= 4 is 45.7 Å². The maximum Gasteiger partial charge on any atom is 0.253 e. The number of benzene rings is 2. The van der Waals surface area contributed by atoms with E-state index in [1.54, 1.807) is 9.80 Å². The molecule has 0 spiro atoms. The zero-order valence-corrected chi connectivity index (χ0v) is 17.5. The first-order valence-electron chi connectivity index (χ1n) is 10.1. The lowest BCUT2D eigenvalue weighted by Gasteiger charge is -2.44. The molecule has 2 aliphatic rings. The van der Waals surface area contributed by atoms with E-state index in [-0.39, 0.29) is 24.5 Å². The van der Waals surface area contributed by atoms with E-state index in [1.165, 1.54) is 0 Å². The monoisotopic (exact) mass is 433 g/mol. The fourth-order valence-corrected chi connectivity index (χ4v) is 4.72. The molecule has 3 heterocycles. The van der Waals surface area contributed by atoms with E-state index in [0.717, 1.165) is 27.8 Å². The Morgan fingerprint density at radius 3 is 2.58 bits per heavy atom. The zero-order chi connectivity index (χ0) is 21.5. The van der Waals surface area contributed by atoms with Crippen LogP contribution in [0.2, 0.25) is 0 Å². The summed E-state index contributed by atoms with van der Waals surface area (Å²) >= 11 is 6.50. The van der Waals surface area contributed by atoms with Crippen molar-refractivity contribution in [1.29, 1.82) is 0 Å². The van der Waals surface area contributed by atoms with Crippen molar-refractivity contribution in [3.8, 4) is 12.3 Å². The Morgan fingerprint density at radius 1 is 1.10 bits per heavy atom. The van der Waals surface area contributed by atoms with Crippen LogP contribution in [0.3, 0.4) is 0 Å². The summed E-state index contributed by atoms with van der Waals surface area (Å²) < 4.78 is 7.19. The molecule has 0 aliphatic carbocycles. The van der Waals surface area contributed by atoms with Crippen LogP contribution in [0.1, 0.15) is 11.6 Å². The molecule has 2 aliphatic heterocycles. The van der Waals surface area contributed by atoms with E-state index in [9.17, 15) is 9.59 Å². The van der Waals surface area contributed by atoms with E-state index in [1.807, 2.05) is 59.3 Å². The SMILES string of the molecule is C#CCn1cc(C2C(Cl)C(=O)N2c2ccc(N3CCOCC3=O)cc2)c2ccccc21. The molecule has 2 aromatic carbocycles. The molecule has 31 heavy (non-hydrogen) atoms. The lowest BCUT2D eigenvalue weighted by Crippen LogP contribution is -2.56. The first-order valence-corrected chi connectivity index (χ1v) is 10.5. The second-order valence-corrected chi connectivity index (χ2v) is 8.07. The second-order valence-electron chi connectivity index (χ2n) is 7.60. The molecule has 156 valence electrons. The van der Waals surface area contributed by atoms with Crippen molar-refractivity contribution in [1.82, 2.24) is 4.57 Å². The number of aromatic nitrogens is 1. The summed E-state index contributed by atoms with van der Waals surface area (Å²) in [6, 6.07) is 15.1. The highest BCUT2D eigenvalue weighted by atomic mass is 35.5. The van der Waals surface area contributed by atoms with Crippen LogP contribution >= 0.6 is 11.6 Å². The van der Waals surface area contributed by atoms with Crippen LogP contribution in [0.4, 0.5) is 11.4 Å². The molecule has 2 unspecified atom stereocenters. The van der Waals surface area contributed by atoms with Crippen molar-refractivity contribution in [2.24, 2.45) is 0 Å². The molecular weight excluding hydrogens is 414 g/mol. The van der Waals surface area contributed by atoms with Crippen LogP contribution < -0.4 is 9.80 Å². The van der Waals surface area contributed by atoms with Gasteiger partial charge in [0.25, 0.3) is 5.91 Å². The van der Waals surface area contributed by atoms with Gasteiger partial charge in [-0.05, 0) is 30.3 Å². The average molecular weight is 434 g/mol. The van der Waals surface area contributed by atoms with Gasteiger partial charge >= 0.3 is 0 Å². The number of halogens is 1. The van der Waals surface area contributed by atoms with Crippen LogP contribution in [-0.4, -0.2) is 41.5 Å². The number of morpholine rings is 1. The van der Waals surface area contributed by atoms with E-state index >= 15 is 0 Å². The molecule has 7 heteroatoms. The number of terminal acetylenes is 1. The third kappa shape index (κ3) is 3.18. The minimum Gasteiger partial charge on any atom is -0.370 e. The quantitative estimate of drug-likeness (QED) is 0.360. The first kappa shape index (κ1) is 19.7. The molecule has 0 N–H and O–H groups in total. The fourth-order valence-electron chi connectivity index (χ4n) is 4.36.